The number of hydrogen-bond acceptors (Lipinski definition) is 1. The minimum Gasteiger partial charge on any atom is -0.294 e. The summed E-state index contributed by atoms with van der Waals surface area (Å²) in [5, 5.41) is 0.187. The van der Waals surface area contributed by atoms with Crippen LogP contribution in [-0.2, 0) is 0 Å². The van der Waals surface area contributed by atoms with Crippen molar-refractivity contribution in [2.24, 2.45) is 5.92 Å². The van der Waals surface area contributed by atoms with Gasteiger partial charge in [0.05, 0.1) is 5.92 Å². The first-order valence-corrected chi connectivity index (χ1v) is 8.88. The number of carbonyl (C=O) groups is 1. The number of ketones is 1. The normalized spacial score (nSPS) is 14.2. The third-order valence-corrected chi connectivity index (χ3v) is 5.28. The summed E-state index contributed by atoms with van der Waals surface area (Å²) >= 11 is 15.0. The average molecular weight is 454 g/mol. The summed E-state index contributed by atoms with van der Waals surface area (Å²) in [6, 6.07) is 8.47. The molecule has 0 heterocycles. The number of Topliss-reactive ketones (excluding diaryl/α,β-unsaturated/α-hetero) is 1. The zero-order chi connectivity index (χ0) is 18.9. The lowest BCUT2D eigenvalue weighted by Gasteiger charge is -2.26. The number of halogens is 6. The fraction of sp³-hybridized carbons (Fsp3) is 0.278. The Kier molecular flexibility index (Phi) is 6.23. The van der Waals surface area contributed by atoms with E-state index in [4.69, 9.17) is 23.2 Å². The highest BCUT2D eigenvalue weighted by Gasteiger charge is 2.46. The Morgan fingerprint density at radius 2 is 1.64 bits per heavy atom. The van der Waals surface area contributed by atoms with Gasteiger partial charge in [-0.2, -0.15) is 13.2 Å². The third-order valence-electron chi connectivity index (χ3n) is 3.95. The maximum absolute atomic E-state index is 13.7. The molecule has 2 aromatic rings. The molecule has 0 amide bonds. The zero-order valence-electron chi connectivity index (χ0n) is 13.3. The molecule has 7 heteroatoms. The van der Waals surface area contributed by atoms with Crippen LogP contribution >= 0.6 is 39.1 Å². The average Bonchev–Trinajstić information content (AvgIpc) is 2.47. The van der Waals surface area contributed by atoms with Gasteiger partial charge in [-0.25, -0.2) is 0 Å². The summed E-state index contributed by atoms with van der Waals surface area (Å²) in [7, 11) is 0. The molecule has 2 rings (SSSR count). The molecule has 0 spiro atoms. The molecule has 2 unspecified atom stereocenters. The predicted molar refractivity (Wildman–Crippen MR) is 97.6 cm³/mol. The minimum absolute atomic E-state index is 0.0934. The Morgan fingerprint density at radius 1 is 1.08 bits per heavy atom. The smallest absolute Gasteiger partial charge is 0.294 e. The van der Waals surface area contributed by atoms with Crippen LogP contribution in [0, 0.1) is 12.8 Å². The van der Waals surface area contributed by atoms with Gasteiger partial charge < -0.3 is 0 Å². The molecule has 0 N–H and O–H groups in total. The molecule has 2 aromatic carbocycles. The standard InChI is InChI=1S/C18H14BrCl2F3O/c1-9-5-11(3-4-15(9)19)17(25)10(2)16(18(22,23)24)12-6-13(20)8-14(21)7-12/h3-8,10,16H,1-2H3. The quantitative estimate of drug-likeness (QED) is 0.446. The fourth-order valence-electron chi connectivity index (χ4n) is 2.73. The van der Waals surface area contributed by atoms with Crippen LogP contribution in [0.4, 0.5) is 13.2 Å². The molecule has 25 heavy (non-hydrogen) atoms. The number of aryl methyl sites for hydroxylation is 1. The van der Waals surface area contributed by atoms with Crippen LogP contribution in [-0.4, -0.2) is 12.0 Å². The Balaban J connectivity index is 2.47. The zero-order valence-corrected chi connectivity index (χ0v) is 16.4. The van der Waals surface area contributed by atoms with E-state index < -0.39 is 23.8 Å². The first-order valence-electron chi connectivity index (χ1n) is 7.33. The third kappa shape index (κ3) is 4.78. The molecular formula is C18H14BrCl2F3O. The van der Waals surface area contributed by atoms with Crippen molar-refractivity contribution in [2.45, 2.75) is 25.9 Å². The Labute approximate surface area is 162 Å². The summed E-state index contributed by atoms with van der Waals surface area (Å²) in [5.41, 5.74) is 0.877. The van der Waals surface area contributed by atoms with E-state index in [0.29, 0.717) is 0 Å². The van der Waals surface area contributed by atoms with Gasteiger partial charge in [-0.15, -0.1) is 0 Å². The number of carbonyl (C=O) groups excluding carboxylic acids is 1. The number of rotatable bonds is 4. The largest absolute Gasteiger partial charge is 0.396 e. The number of benzene rings is 2. The highest BCUT2D eigenvalue weighted by atomic mass is 79.9. The molecule has 0 aliphatic carbocycles. The van der Waals surface area contributed by atoms with Crippen molar-refractivity contribution < 1.29 is 18.0 Å². The van der Waals surface area contributed by atoms with Gasteiger partial charge >= 0.3 is 6.18 Å². The molecule has 0 aliphatic rings. The van der Waals surface area contributed by atoms with E-state index in [2.05, 4.69) is 15.9 Å². The van der Waals surface area contributed by atoms with Gasteiger partial charge in [0, 0.05) is 26.0 Å². The summed E-state index contributed by atoms with van der Waals surface area (Å²) in [5.74, 6) is -3.91. The van der Waals surface area contributed by atoms with Crippen molar-refractivity contribution in [3.05, 3.63) is 67.6 Å². The Hall–Kier alpha value is -1.04. The van der Waals surface area contributed by atoms with Crippen LogP contribution in [0.3, 0.4) is 0 Å². The van der Waals surface area contributed by atoms with Crippen LogP contribution in [0.15, 0.2) is 40.9 Å². The molecule has 2 atom stereocenters. The molecule has 0 fully saturated rings. The van der Waals surface area contributed by atoms with Crippen LogP contribution in [0.2, 0.25) is 10.0 Å². The molecule has 0 radical (unpaired) electrons. The van der Waals surface area contributed by atoms with Gasteiger partial charge in [0.15, 0.2) is 5.78 Å². The molecule has 1 nitrogen and oxygen atoms in total. The van der Waals surface area contributed by atoms with E-state index in [9.17, 15) is 18.0 Å². The lowest BCUT2D eigenvalue weighted by atomic mass is 9.82. The van der Waals surface area contributed by atoms with Gasteiger partial charge in [-0.1, -0.05) is 52.1 Å². The second-order valence-electron chi connectivity index (χ2n) is 5.84. The van der Waals surface area contributed by atoms with E-state index in [1.807, 2.05) is 0 Å². The first-order chi connectivity index (χ1) is 11.5. The van der Waals surface area contributed by atoms with Crippen molar-refractivity contribution in [3.8, 4) is 0 Å². The predicted octanol–water partition coefficient (Wildman–Crippen LogP) is 7.23. The first kappa shape index (κ1) is 20.3. The Bertz CT molecular complexity index is 785. The molecular weight excluding hydrogens is 440 g/mol. The molecule has 0 aromatic heterocycles. The monoisotopic (exact) mass is 452 g/mol. The summed E-state index contributed by atoms with van der Waals surface area (Å²) in [6.45, 7) is 3.04. The number of alkyl halides is 3. The molecule has 0 saturated carbocycles. The summed E-state index contributed by atoms with van der Waals surface area (Å²) in [6.07, 6.45) is -4.62. The van der Waals surface area contributed by atoms with Crippen molar-refractivity contribution in [1.29, 1.82) is 0 Å². The van der Waals surface area contributed by atoms with E-state index in [0.717, 1.165) is 10.0 Å². The van der Waals surface area contributed by atoms with Crippen molar-refractivity contribution in [2.75, 3.05) is 0 Å². The minimum atomic E-state index is -4.62. The van der Waals surface area contributed by atoms with Gasteiger partial charge in [0.25, 0.3) is 0 Å². The fourth-order valence-corrected chi connectivity index (χ4v) is 3.52. The van der Waals surface area contributed by atoms with Crippen LogP contribution in [0.5, 0.6) is 0 Å². The van der Waals surface area contributed by atoms with E-state index in [-0.39, 0.29) is 21.2 Å². The topological polar surface area (TPSA) is 17.1 Å². The summed E-state index contributed by atoms with van der Waals surface area (Å²) < 4.78 is 41.9. The van der Waals surface area contributed by atoms with Crippen LogP contribution < -0.4 is 0 Å². The van der Waals surface area contributed by atoms with E-state index in [1.54, 1.807) is 19.1 Å². The molecule has 0 bridgehead atoms. The van der Waals surface area contributed by atoms with E-state index in [1.165, 1.54) is 31.2 Å². The molecule has 0 saturated heterocycles. The highest BCUT2D eigenvalue weighted by Crippen LogP contribution is 2.43. The Morgan fingerprint density at radius 3 is 2.12 bits per heavy atom. The second-order valence-corrected chi connectivity index (χ2v) is 7.57. The molecule has 0 aliphatic heterocycles. The van der Waals surface area contributed by atoms with Crippen molar-refractivity contribution in [1.82, 2.24) is 0 Å². The van der Waals surface area contributed by atoms with Crippen LogP contribution in [0.25, 0.3) is 0 Å². The highest BCUT2D eigenvalue weighted by molar-refractivity contribution is 9.10. The van der Waals surface area contributed by atoms with Gasteiger partial charge in [-0.05, 0) is 48.4 Å². The summed E-state index contributed by atoms with van der Waals surface area (Å²) in [4.78, 5) is 12.7. The maximum atomic E-state index is 13.7. The van der Waals surface area contributed by atoms with Crippen molar-refractivity contribution in [3.63, 3.8) is 0 Å². The number of hydrogen-bond donors (Lipinski definition) is 0. The second kappa shape index (κ2) is 7.68. The van der Waals surface area contributed by atoms with Crippen LogP contribution in [0.1, 0.15) is 34.3 Å². The lowest BCUT2D eigenvalue weighted by molar-refractivity contribution is -0.157. The van der Waals surface area contributed by atoms with E-state index >= 15 is 0 Å². The maximum Gasteiger partial charge on any atom is 0.396 e. The SMILES string of the molecule is Cc1cc(C(=O)C(C)C(c2cc(Cl)cc(Cl)c2)C(F)(F)F)ccc1Br. The van der Waals surface area contributed by atoms with Gasteiger partial charge in [-0.3, -0.25) is 4.79 Å². The molecule has 134 valence electrons. The van der Waals surface area contributed by atoms with Crippen molar-refractivity contribution >= 4 is 44.9 Å². The van der Waals surface area contributed by atoms with Gasteiger partial charge in [0.2, 0.25) is 0 Å². The van der Waals surface area contributed by atoms with Gasteiger partial charge in [0.1, 0.15) is 0 Å². The lowest BCUT2D eigenvalue weighted by Crippen LogP contribution is -2.31.